The Hall–Kier alpha value is -1.52. The Morgan fingerprint density at radius 3 is 2.92 bits per heavy atom. The average Bonchev–Trinajstić information content (AvgIpc) is 2.81. The minimum Gasteiger partial charge on any atom is -0.458 e. The first-order chi connectivity index (χ1) is 6.16. The highest BCUT2D eigenvalue weighted by Gasteiger charge is 2.27. The molecule has 0 aliphatic heterocycles. The summed E-state index contributed by atoms with van der Waals surface area (Å²) in [5, 5.41) is 3.91. The maximum atomic E-state index is 11.3. The van der Waals surface area contributed by atoms with E-state index in [1.807, 2.05) is 0 Å². The maximum absolute atomic E-state index is 11.3. The van der Waals surface area contributed by atoms with Crippen molar-refractivity contribution < 1.29 is 9.53 Å². The average molecular weight is 181 g/mol. The van der Waals surface area contributed by atoms with E-state index in [9.17, 15) is 4.79 Å². The molecule has 0 unspecified atom stereocenters. The van der Waals surface area contributed by atoms with Crippen molar-refractivity contribution in [2.45, 2.75) is 18.9 Å². The molecule has 13 heavy (non-hydrogen) atoms. The normalized spacial score (nSPS) is 15.8. The molecule has 1 aliphatic carbocycles. The number of nitrogen functional groups attached to an aromatic ring is 1. The van der Waals surface area contributed by atoms with Crippen LogP contribution in [0.25, 0.3) is 0 Å². The highest BCUT2D eigenvalue weighted by atomic mass is 16.5. The molecule has 5 heteroatoms. The summed E-state index contributed by atoms with van der Waals surface area (Å²) >= 11 is 0. The first-order valence-electron chi connectivity index (χ1n) is 4.17. The molecular formula is C8H11N3O2. The van der Waals surface area contributed by atoms with E-state index in [4.69, 9.17) is 10.5 Å². The Balaban J connectivity index is 2.09. The minimum absolute atomic E-state index is 0.107. The molecule has 0 amide bonds. The Labute approximate surface area is 75.5 Å². The number of aryl methyl sites for hydroxylation is 1. The van der Waals surface area contributed by atoms with E-state index in [0.29, 0.717) is 5.82 Å². The van der Waals surface area contributed by atoms with Gasteiger partial charge in [0.15, 0.2) is 5.69 Å². The van der Waals surface area contributed by atoms with Gasteiger partial charge in [-0.3, -0.25) is 4.68 Å². The number of hydrogen-bond donors (Lipinski definition) is 1. The molecule has 70 valence electrons. The lowest BCUT2D eigenvalue weighted by Gasteiger charge is -1.97. The first-order valence-corrected chi connectivity index (χ1v) is 4.17. The van der Waals surface area contributed by atoms with Crippen molar-refractivity contribution in [3.05, 3.63) is 11.8 Å². The van der Waals surface area contributed by atoms with Crippen LogP contribution in [0, 0.1) is 0 Å². The summed E-state index contributed by atoms with van der Waals surface area (Å²) in [6, 6.07) is 1.52. The monoisotopic (exact) mass is 181 g/mol. The van der Waals surface area contributed by atoms with Gasteiger partial charge in [0.05, 0.1) is 0 Å². The fourth-order valence-electron chi connectivity index (χ4n) is 0.979. The SMILES string of the molecule is Cn1nc(C(=O)OC2CC2)cc1N. The zero-order chi connectivity index (χ0) is 9.42. The Morgan fingerprint density at radius 2 is 2.46 bits per heavy atom. The second-order valence-electron chi connectivity index (χ2n) is 3.18. The summed E-state index contributed by atoms with van der Waals surface area (Å²) in [5.41, 5.74) is 5.80. The molecule has 1 heterocycles. The summed E-state index contributed by atoms with van der Waals surface area (Å²) in [7, 11) is 1.68. The largest absolute Gasteiger partial charge is 0.458 e. The van der Waals surface area contributed by atoms with E-state index in [2.05, 4.69) is 5.10 Å². The third-order valence-corrected chi connectivity index (χ3v) is 1.92. The number of carbonyl (C=O) groups is 1. The van der Waals surface area contributed by atoms with Crippen molar-refractivity contribution in [2.24, 2.45) is 7.05 Å². The van der Waals surface area contributed by atoms with Crippen LogP contribution in [0.15, 0.2) is 6.07 Å². The third-order valence-electron chi connectivity index (χ3n) is 1.92. The van der Waals surface area contributed by atoms with Gasteiger partial charge in [-0.1, -0.05) is 0 Å². The number of carbonyl (C=O) groups excluding carboxylic acids is 1. The maximum Gasteiger partial charge on any atom is 0.359 e. The van der Waals surface area contributed by atoms with Crippen LogP contribution in [-0.4, -0.2) is 21.9 Å². The molecule has 5 nitrogen and oxygen atoms in total. The fourth-order valence-corrected chi connectivity index (χ4v) is 0.979. The van der Waals surface area contributed by atoms with Gasteiger partial charge in [-0.05, 0) is 12.8 Å². The first kappa shape index (κ1) is 8.10. The van der Waals surface area contributed by atoms with Gasteiger partial charge < -0.3 is 10.5 Å². The van der Waals surface area contributed by atoms with Crippen molar-refractivity contribution in [3.8, 4) is 0 Å². The van der Waals surface area contributed by atoms with Crippen molar-refractivity contribution in [2.75, 3.05) is 5.73 Å². The van der Waals surface area contributed by atoms with Crippen molar-refractivity contribution >= 4 is 11.8 Å². The van der Waals surface area contributed by atoms with Crippen LogP contribution in [0.3, 0.4) is 0 Å². The molecule has 2 rings (SSSR count). The molecule has 1 saturated carbocycles. The van der Waals surface area contributed by atoms with Crippen LogP contribution in [-0.2, 0) is 11.8 Å². The summed E-state index contributed by atoms with van der Waals surface area (Å²) in [4.78, 5) is 11.3. The number of esters is 1. The molecular weight excluding hydrogens is 170 g/mol. The predicted molar refractivity (Wildman–Crippen MR) is 46.1 cm³/mol. The highest BCUT2D eigenvalue weighted by Crippen LogP contribution is 2.24. The van der Waals surface area contributed by atoms with Gasteiger partial charge in [-0.15, -0.1) is 0 Å². The summed E-state index contributed by atoms with van der Waals surface area (Å²) < 4.78 is 6.49. The highest BCUT2D eigenvalue weighted by molar-refractivity contribution is 5.88. The van der Waals surface area contributed by atoms with Gasteiger partial charge in [-0.2, -0.15) is 5.10 Å². The number of rotatable bonds is 2. The Kier molecular flexibility index (Phi) is 1.72. The number of aromatic nitrogens is 2. The fraction of sp³-hybridized carbons (Fsp3) is 0.500. The molecule has 0 saturated heterocycles. The van der Waals surface area contributed by atoms with E-state index < -0.39 is 0 Å². The Morgan fingerprint density at radius 1 is 1.77 bits per heavy atom. The quantitative estimate of drug-likeness (QED) is 0.667. The number of anilines is 1. The number of nitrogens with two attached hydrogens (primary N) is 1. The molecule has 0 aromatic carbocycles. The molecule has 0 bridgehead atoms. The molecule has 1 aromatic rings. The van der Waals surface area contributed by atoms with E-state index in [0.717, 1.165) is 12.8 Å². The number of nitrogens with zero attached hydrogens (tertiary/aromatic N) is 2. The van der Waals surface area contributed by atoms with E-state index in [-0.39, 0.29) is 17.8 Å². The molecule has 1 fully saturated rings. The summed E-state index contributed by atoms with van der Waals surface area (Å²) in [5.74, 6) is 0.0811. The van der Waals surface area contributed by atoms with E-state index in [1.165, 1.54) is 10.7 Å². The number of hydrogen-bond acceptors (Lipinski definition) is 4. The van der Waals surface area contributed by atoms with E-state index >= 15 is 0 Å². The lowest BCUT2D eigenvalue weighted by Crippen LogP contribution is -2.07. The Bertz CT molecular complexity index is 322. The molecule has 0 spiro atoms. The van der Waals surface area contributed by atoms with Gasteiger partial charge >= 0.3 is 5.97 Å². The van der Waals surface area contributed by atoms with Crippen LogP contribution in [0.4, 0.5) is 5.82 Å². The third kappa shape index (κ3) is 1.63. The van der Waals surface area contributed by atoms with Gasteiger partial charge in [0.2, 0.25) is 0 Å². The van der Waals surface area contributed by atoms with Crippen LogP contribution >= 0.6 is 0 Å². The minimum atomic E-state index is -0.380. The van der Waals surface area contributed by atoms with Gasteiger partial charge in [-0.25, -0.2) is 4.79 Å². The zero-order valence-electron chi connectivity index (χ0n) is 7.36. The standard InChI is InChI=1S/C8H11N3O2/c1-11-7(9)4-6(10-11)8(12)13-5-2-3-5/h4-5H,2-3,9H2,1H3. The molecule has 2 N–H and O–H groups in total. The smallest absolute Gasteiger partial charge is 0.359 e. The van der Waals surface area contributed by atoms with E-state index in [1.54, 1.807) is 7.05 Å². The lowest BCUT2D eigenvalue weighted by atomic mass is 10.4. The second kappa shape index (κ2) is 2.76. The molecule has 0 radical (unpaired) electrons. The summed E-state index contributed by atoms with van der Waals surface area (Å²) in [6.07, 6.45) is 2.04. The molecule has 1 aliphatic rings. The van der Waals surface area contributed by atoms with Crippen LogP contribution in [0.5, 0.6) is 0 Å². The van der Waals surface area contributed by atoms with Crippen molar-refractivity contribution in [1.82, 2.24) is 9.78 Å². The van der Waals surface area contributed by atoms with Crippen LogP contribution in [0.1, 0.15) is 23.3 Å². The van der Waals surface area contributed by atoms with Gasteiger partial charge in [0.25, 0.3) is 0 Å². The van der Waals surface area contributed by atoms with Crippen LogP contribution < -0.4 is 5.73 Å². The predicted octanol–water partition coefficient (Wildman–Crippen LogP) is 0.322. The van der Waals surface area contributed by atoms with Crippen molar-refractivity contribution in [1.29, 1.82) is 0 Å². The van der Waals surface area contributed by atoms with Crippen molar-refractivity contribution in [3.63, 3.8) is 0 Å². The number of ether oxygens (including phenoxy) is 1. The second-order valence-corrected chi connectivity index (χ2v) is 3.18. The molecule has 0 atom stereocenters. The topological polar surface area (TPSA) is 70.1 Å². The van der Waals surface area contributed by atoms with Crippen LogP contribution in [0.2, 0.25) is 0 Å². The zero-order valence-corrected chi connectivity index (χ0v) is 7.36. The summed E-state index contributed by atoms with van der Waals surface area (Å²) in [6.45, 7) is 0. The lowest BCUT2D eigenvalue weighted by molar-refractivity contribution is 0.0464. The van der Waals surface area contributed by atoms with Gasteiger partial charge in [0.1, 0.15) is 11.9 Å². The molecule has 1 aromatic heterocycles. The van der Waals surface area contributed by atoms with Gasteiger partial charge in [0, 0.05) is 13.1 Å².